The third-order valence-corrected chi connectivity index (χ3v) is 4.80. The normalized spacial score (nSPS) is 14.3. The Bertz CT molecular complexity index is 726. The van der Waals surface area contributed by atoms with Crippen molar-refractivity contribution in [1.29, 1.82) is 0 Å². The molecule has 1 aliphatic rings. The highest BCUT2D eigenvalue weighted by Crippen LogP contribution is 2.41. The van der Waals surface area contributed by atoms with Crippen molar-refractivity contribution in [2.45, 2.75) is 18.8 Å². The summed E-state index contributed by atoms with van der Waals surface area (Å²) in [4.78, 5) is 19.6. The standard InChI is InChI=1S/C14H12BrIN2O2/c1-20-10-5-4-8(15)6-9(10)13-17-12(7-2-3-7)11(16)14(19)18-13/h4-7H,2-3H2,1H3,(H,17,18,19). The Morgan fingerprint density at radius 2 is 2.20 bits per heavy atom. The van der Waals surface area contributed by atoms with Gasteiger partial charge in [0.2, 0.25) is 0 Å². The van der Waals surface area contributed by atoms with Gasteiger partial charge in [0.15, 0.2) is 0 Å². The van der Waals surface area contributed by atoms with Crippen LogP contribution in [0.4, 0.5) is 0 Å². The van der Waals surface area contributed by atoms with E-state index in [0.717, 1.165) is 28.6 Å². The molecule has 1 aromatic heterocycles. The number of halogens is 2. The molecular formula is C14H12BrIN2O2. The molecule has 0 bridgehead atoms. The van der Waals surface area contributed by atoms with Gasteiger partial charge in [-0.1, -0.05) is 15.9 Å². The van der Waals surface area contributed by atoms with Crippen LogP contribution < -0.4 is 10.3 Å². The van der Waals surface area contributed by atoms with Crippen molar-refractivity contribution in [3.05, 3.63) is 42.3 Å². The monoisotopic (exact) mass is 446 g/mol. The van der Waals surface area contributed by atoms with Gasteiger partial charge in [0.25, 0.3) is 5.56 Å². The van der Waals surface area contributed by atoms with Crippen molar-refractivity contribution < 1.29 is 4.74 Å². The molecule has 0 spiro atoms. The van der Waals surface area contributed by atoms with E-state index in [1.807, 2.05) is 18.2 Å². The maximum absolute atomic E-state index is 12.1. The van der Waals surface area contributed by atoms with Crippen LogP contribution in [0.3, 0.4) is 0 Å². The summed E-state index contributed by atoms with van der Waals surface area (Å²) in [6.07, 6.45) is 2.23. The smallest absolute Gasteiger partial charge is 0.264 e. The van der Waals surface area contributed by atoms with E-state index in [-0.39, 0.29) is 5.56 Å². The summed E-state index contributed by atoms with van der Waals surface area (Å²) in [5.41, 5.74) is 1.61. The molecule has 1 aliphatic carbocycles. The van der Waals surface area contributed by atoms with Crippen LogP contribution in [0, 0.1) is 3.57 Å². The molecule has 104 valence electrons. The van der Waals surface area contributed by atoms with Gasteiger partial charge < -0.3 is 9.72 Å². The number of methoxy groups -OCH3 is 1. The zero-order valence-corrected chi connectivity index (χ0v) is 14.5. The predicted molar refractivity (Wildman–Crippen MR) is 89.2 cm³/mol. The second-order valence-electron chi connectivity index (χ2n) is 4.73. The average molecular weight is 447 g/mol. The van der Waals surface area contributed by atoms with E-state index < -0.39 is 0 Å². The second-order valence-corrected chi connectivity index (χ2v) is 6.73. The second kappa shape index (κ2) is 5.48. The molecule has 0 amide bonds. The number of aromatic nitrogens is 2. The number of aromatic amines is 1. The maximum Gasteiger partial charge on any atom is 0.264 e. The summed E-state index contributed by atoms with van der Waals surface area (Å²) in [5, 5.41) is 0. The minimum absolute atomic E-state index is 0.0838. The Kier molecular flexibility index (Phi) is 3.85. The lowest BCUT2D eigenvalue weighted by atomic mass is 10.1. The molecule has 1 heterocycles. The number of rotatable bonds is 3. The maximum atomic E-state index is 12.1. The molecule has 1 N–H and O–H groups in total. The fourth-order valence-corrected chi connectivity index (χ4v) is 3.15. The summed E-state index contributed by atoms with van der Waals surface area (Å²) in [5.74, 6) is 1.69. The van der Waals surface area contributed by atoms with Crippen LogP contribution in [-0.2, 0) is 0 Å². The van der Waals surface area contributed by atoms with Gasteiger partial charge >= 0.3 is 0 Å². The lowest BCUT2D eigenvalue weighted by Gasteiger charge is -2.10. The van der Waals surface area contributed by atoms with E-state index in [4.69, 9.17) is 4.74 Å². The fourth-order valence-electron chi connectivity index (χ4n) is 2.10. The highest BCUT2D eigenvalue weighted by atomic mass is 127. The molecule has 3 rings (SSSR count). The Morgan fingerprint density at radius 1 is 1.45 bits per heavy atom. The van der Waals surface area contributed by atoms with Crippen LogP contribution >= 0.6 is 38.5 Å². The van der Waals surface area contributed by atoms with Crippen molar-refractivity contribution in [1.82, 2.24) is 9.97 Å². The first-order chi connectivity index (χ1) is 9.60. The minimum atomic E-state index is -0.0838. The molecule has 6 heteroatoms. The van der Waals surface area contributed by atoms with E-state index in [9.17, 15) is 4.79 Å². The molecule has 4 nitrogen and oxygen atoms in total. The van der Waals surface area contributed by atoms with E-state index in [1.165, 1.54) is 0 Å². The molecule has 1 fully saturated rings. The predicted octanol–water partition coefficient (Wildman–Crippen LogP) is 3.69. The molecule has 0 unspecified atom stereocenters. The number of hydrogen-bond donors (Lipinski definition) is 1. The molecule has 1 saturated carbocycles. The molecule has 0 atom stereocenters. The topological polar surface area (TPSA) is 55.0 Å². The number of H-pyrrole nitrogens is 1. The minimum Gasteiger partial charge on any atom is -0.496 e. The molecule has 20 heavy (non-hydrogen) atoms. The van der Waals surface area contributed by atoms with Crippen molar-refractivity contribution in [3.63, 3.8) is 0 Å². The van der Waals surface area contributed by atoms with E-state index >= 15 is 0 Å². The Morgan fingerprint density at radius 3 is 2.85 bits per heavy atom. The van der Waals surface area contributed by atoms with E-state index in [0.29, 0.717) is 21.1 Å². The Hall–Kier alpha value is -0.890. The van der Waals surface area contributed by atoms with E-state index in [1.54, 1.807) is 7.11 Å². The van der Waals surface area contributed by atoms with Gasteiger partial charge in [0.1, 0.15) is 11.6 Å². The van der Waals surface area contributed by atoms with Gasteiger partial charge in [-0.05, 0) is 53.6 Å². The zero-order chi connectivity index (χ0) is 14.3. The number of nitrogens with one attached hydrogen (secondary N) is 1. The molecular weight excluding hydrogens is 435 g/mol. The third-order valence-electron chi connectivity index (χ3n) is 3.27. The van der Waals surface area contributed by atoms with Crippen LogP contribution in [0.15, 0.2) is 27.5 Å². The van der Waals surface area contributed by atoms with Gasteiger partial charge in [0, 0.05) is 10.4 Å². The van der Waals surface area contributed by atoms with Crippen LogP contribution in [0.25, 0.3) is 11.4 Å². The largest absolute Gasteiger partial charge is 0.496 e. The Balaban J connectivity index is 2.19. The van der Waals surface area contributed by atoms with Gasteiger partial charge in [-0.15, -0.1) is 0 Å². The van der Waals surface area contributed by atoms with Crippen LogP contribution in [0.2, 0.25) is 0 Å². The molecule has 0 saturated heterocycles. The summed E-state index contributed by atoms with van der Waals surface area (Å²) < 4.78 is 6.97. The number of nitrogens with zero attached hydrogens (tertiary/aromatic N) is 1. The van der Waals surface area contributed by atoms with Crippen molar-refractivity contribution >= 4 is 38.5 Å². The SMILES string of the molecule is COc1ccc(Br)cc1-c1nc(C2CC2)c(I)c(=O)[nH]1. The summed E-state index contributed by atoms with van der Waals surface area (Å²) >= 11 is 5.51. The molecule has 0 aliphatic heterocycles. The zero-order valence-electron chi connectivity index (χ0n) is 10.7. The fraction of sp³-hybridized carbons (Fsp3) is 0.286. The molecule has 2 aromatic rings. The quantitative estimate of drug-likeness (QED) is 0.731. The first-order valence-corrected chi connectivity index (χ1v) is 8.11. The van der Waals surface area contributed by atoms with Gasteiger partial charge in [-0.2, -0.15) is 0 Å². The average Bonchev–Trinajstić information content (AvgIpc) is 3.26. The lowest BCUT2D eigenvalue weighted by Crippen LogP contribution is -2.16. The van der Waals surface area contributed by atoms with Crippen LogP contribution in [-0.4, -0.2) is 17.1 Å². The highest BCUT2D eigenvalue weighted by molar-refractivity contribution is 14.1. The molecule has 0 radical (unpaired) electrons. The van der Waals surface area contributed by atoms with Crippen molar-refractivity contribution in [2.75, 3.05) is 7.11 Å². The summed E-state index contributed by atoms with van der Waals surface area (Å²) in [6.45, 7) is 0. The number of ether oxygens (including phenoxy) is 1. The number of benzene rings is 1. The van der Waals surface area contributed by atoms with Gasteiger partial charge in [-0.25, -0.2) is 4.98 Å². The summed E-state index contributed by atoms with van der Waals surface area (Å²) in [7, 11) is 1.61. The van der Waals surface area contributed by atoms with Crippen molar-refractivity contribution in [2.24, 2.45) is 0 Å². The lowest BCUT2D eigenvalue weighted by molar-refractivity contribution is 0.416. The van der Waals surface area contributed by atoms with Crippen LogP contribution in [0.1, 0.15) is 24.5 Å². The van der Waals surface area contributed by atoms with Crippen molar-refractivity contribution in [3.8, 4) is 17.1 Å². The third kappa shape index (κ3) is 2.63. The first-order valence-electron chi connectivity index (χ1n) is 6.23. The Labute approximate surface area is 138 Å². The van der Waals surface area contributed by atoms with Gasteiger partial charge in [0.05, 0.1) is 21.9 Å². The number of hydrogen-bond acceptors (Lipinski definition) is 3. The van der Waals surface area contributed by atoms with Crippen LogP contribution in [0.5, 0.6) is 5.75 Å². The van der Waals surface area contributed by atoms with E-state index in [2.05, 4.69) is 48.5 Å². The highest BCUT2D eigenvalue weighted by Gasteiger charge is 2.29. The first kappa shape index (κ1) is 14.1. The van der Waals surface area contributed by atoms with Gasteiger partial charge in [-0.3, -0.25) is 4.79 Å². The molecule has 1 aromatic carbocycles. The summed E-state index contributed by atoms with van der Waals surface area (Å²) in [6, 6.07) is 5.66.